The third kappa shape index (κ3) is 0.472. The highest BCUT2D eigenvalue weighted by Crippen LogP contribution is 2.69. The number of rotatable bonds is 1. The summed E-state index contributed by atoms with van der Waals surface area (Å²) in [6.45, 7) is 0.237. The van der Waals surface area contributed by atoms with Crippen LogP contribution in [0, 0.1) is 23.7 Å². The molecule has 0 aliphatic heterocycles. The molecule has 0 aromatic rings. The Labute approximate surface area is 65.5 Å². The summed E-state index contributed by atoms with van der Waals surface area (Å²) in [5, 5.41) is 19.0. The van der Waals surface area contributed by atoms with Crippen molar-refractivity contribution in [3.63, 3.8) is 0 Å². The van der Waals surface area contributed by atoms with Gasteiger partial charge in [-0.3, -0.25) is 0 Å². The molecule has 5 atom stereocenters. The topological polar surface area (TPSA) is 40.5 Å². The van der Waals surface area contributed by atoms with Gasteiger partial charge in [-0.2, -0.15) is 0 Å². The van der Waals surface area contributed by atoms with E-state index in [9.17, 15) is 5.11 Å². The smallest absolute Gasteiger partial charge is 0.0814 e. The van der Waals surface area contributed by atoms with Crippen LogP contribution in [0.1, 0.15) is 6.42 Å². The van der Waals surface area contributed by atoms with E-state index in [-0.39, 0.29) is 12.5 Å². The number of hydrogen-bond donors (Lipinski definition) is 2. The molecule has 3 rings (SSSR count). The van der Waals surface area contributed by atoms with Gasteiger partial charge in [0.15, 0.2) is 0 Å². The van der Waals surface area contributed by atoms with Gasteiger partial charge < -0.3 is 10.2 Å². The van der Waals surface area contributed by atoms with Crippen molar-refractivity contribution >= 4 is 0 Å². The molecule has 0 aromatic carbocycles. The molecule has 11 heavy (non-hydrogen) atoms. The van der Waals surface area contributed by atoms with E-state index in [4.69, 9.17) is 5.11 Å². The lowest BCUT2D eigenvalue weighted by Gasteiger charge is -2.18. The lowest BCUT2D eigenvalue weighted by Crippen LogP contribution is -2.24. The average Bonchev–Trinajstić information content (AvgIpc) is 2.33. The Hall–Kier alpha value is -0.340. The highest BCUT2D eigenvalue weighted by Gasteiger charge is 2.74. The van der Waals surface area contributed by atoms with Gasteiger partial charge in [-0.15, -0.1) is 0 Å². The Morgan fingerprint density at radius 1 is 1.36 bits per heavy atom. The Kier molecular flexibility index (Phi) is 0.871. The van der Waals surface area contributed by atoms with Crippen molar-refractivity contribution in [3.05, 3.63) is 12.2 Å². The van der Waals surface area contributed by atoms with E-state index in [0.717, 1.165) is 6.42 Å². The minimum atomic E-state index is -0.409. The van der Waals surface area contributed by atoms with Crippen molar-refractivity contribution in [2.24, 2.45) is 23.7 Å². The summed E-state index contributed by atoms with van der Waals surface area (Å²) >= 11 is 0. The van der Waals surface area contributed by atoms with Crippen molar-refractivity contribution in [2.75, 3.05) is 6.61 Å². The van der Waals surface area contributed by atoms with E-state index in [2.05, 4.69) is 12.2 Å². The number of hydrogen-bond acceptors (Lipinski definition) is 2. The van der Waals surface area contributed by atoms with Crippen molar-refractivity contribution in [1.82, 2.24) is 0 Å². The van der Waals surface area contributed by atoms with Crippen LogP contribution in [0.5, 0.6) is 0 Å². The molecule has 0 bridgehead atoms. The Balaban J connectivity index is 1.97. The van der Waals surface area contributed by atoms with Gasteiger partial charge in [0, 0.05) is 18.4 Å². The number of fused-ring (bicyclic) bond motifs is 1. The predicted octanol–water partition coefficient (Wildman–Crippen LogP) is 0.162. The average molecular weight is 152 g/mol. The van der Waals surface area contributed by atoms with Crippen LogP contribution in [0.4, 0.5) is 0 Å². The molecule has 0 unspecified atom stereocenters. The van der Waals surface area contributed by atoms with Crippen LogP contribution in [0.15, 0.2) is 12.2 Å². The largest absolute Gasteiger partial charge is 0.396 e. The maximum absolute atomic E-state index is 10.00. The quantitative estimate of drug-likeness (QED) is 0.525. The van der Waals surface area contributed by atoms with E-state index in [1.807, 2.05) is 0 Å². The van der Waals surface area contributed by atoms with Crippen LogP contribution in [-0.2, 0) is 0 Å². The SMILES string of the molecule is OC[C@@H]1C[C@H]2[C@H]3C=C[C@@H]1[C@]32O. The second-order valence-corrected chi connectivity index (χ2v) is 4.11. The molecule has 60 valence electrons. The molecule has 0 amide bonds. The molecular weight excluding hydrogens is 140 g/mol. The molecular formula is C9H12O2. The molecule has 0 aromatic heterocycles. The molecule has 2 heteroatoms. The summed E-state index contributed by atoms with van der Waals surface area (Å²) in [4.78, 5) is 0. The summed E-state index contributed by atoms with van der Waals surface area (Å²) < 4.78 is 0. The van der Waals surface area contributed by atoms with E-state index >= 15 is 0 Å². The molecule has 2 saturated carbocycles. The summed E-state index contributed by atoms with van der Waals surface area (Å²) in [7, 11) is 0. The highest BCUT2D eigenvalue weighted by atomic mass is 16.3. The fourth-order valence-electron chi connectivity index (χ4n) is 3.18. The number of aliphatic hydroxyl groups excluding tert-OH is 1. The summed E-state index contributed by atoms with van der Waals surface area (Å²) in [6.07, 6.45) is 5.25. The third-order valence-corrected chi connectivity index (χ3v) is 3.81. The minimum Gasteiger partial charge on any atom is -0.396 e. The summed E-state index contributed by atoms with van der Waals surface area (Å²) in [5.74, 6) is 1.52. The van der Waals surface area contributed by atoms with Gasteiger partial charge in [0.25, 0.3) is 0 Å². The van der Waals surface area contributed by atoms with Gasteiger partial charge in [-0.25, -0.2) is 0 Å². The second kappa shape index (κ2) is 1.54. The van der Waals surface area contributed by atoms with Crippen LogP contribution in [0.25, 0.3) is 0 Å². The maximum Gasteiger partial charge on any atom is 0.0814 e. The zero-order chi connectivity index (χ0) is 7.64. The Morgan fingerprint density at radius 2 is 2.09 bits per heavy atom. The molecule has 2 fully saturated rings. The molecule has 0 saturated heterocycles. The standard InChI is InChI=1S/C9H12O2/c10-4-5-3-8-7-2-1-6(5)9(7,8)11/h1-2,5-8,10-11H,3-4H2/t5-,6-,7+,8-,9-/m0/s1. The molecule has 0 spiro atoms. The van der Waals surface area contributed by atoms with Crippen molar-refractivity contribution in [3.8, 4) is 0 Å². The molecule has 3 aliphatic carbocycles. The highest BCUT2D eigenvalue weighted by molar-refractivity contribution is 5.36. The fraction of sp³-hybridized carbons (Fsp3) is 0.778. The maximum atomic E-state index is 10.00. The first kappa shape index (κ1) is 6.21. The Bertz CT molecular complexity index is 236. The summed E-state index contributed by atoms with van der Waals surface area (Å²) in [5.41, 5.74) is -0.409. The van der Waals surface area contributed by atoms with Crippen LogP contribution >= 0.6 is 0 Å². The van der Waals surface area contributed by atoms with Crippen molar-refractivity contribution in [2.45, 2.75) is 12.0 Å². The van der Waals surface area contributed by atoms with Crippen molar-refractivity contribution < 1.29 is 10.2 Å². The van der Waals surface area contributed by atoms with E-state index < -0.39 is 5.60 Å². The summed E-state index contributed by atoms with van der Waals surface area (Å²) in [6, 6.07) is 0. The zero-order valence-corrected chi connectivity index (χ0v) is 6.27. The first-order valence-corrected chi connectivity index (χ1v) is 4.30. The molecule has 0 radical (unpaired) electrons. The third-order valence-electron chi connectivity index (χ3n) is 3.81. The van der Waals surface area contributed by atoms with Crippen LogP contribution in [0.2, 0.25) is 0 Å². The van der Waals surface area contributed by atoms with E-state index in [1.165, 1.54) is 0 Å². The van der Waals surface area contributed by atoms with Crippen LogP contribution < -0.4 is 0 Å². The lowest BCUT2D eigenvalue weighted by atomic mass is 9.92. The second-order valence-electron chi connectivity index (χ2n) is 4.11. The van der Waals surface area contributed by atoms with E-state index in [1.54, 1.807) is 0 Å². The minimum absolute atomic E-state index is 0.237. The van der Waals surface area contributed by atoms with E-state index in [0.29, 0.717) is 17.8 Å². The van der Waals surface area contributed by atoms with Crippen LogP contribution in [0.3, 0.4) is 0 Å². The van der Waals surface area contributed by atoms with Gasteiger partial charge in [0.1, 0.15) is 0 Å². The lowest BCUT2D eigenvalue weighted by molar-refractivity contribution is 0.0773. The Morgan fingerprint density at radius 3 is 2.73 bits per heavy atom. The molecule has 2 nitrogen and oxygen atoms in total. The molecule has 3 aliphatic rings. The van der Waals surface area contributed by atoms with Crippen LogP contribution in [-0.4, -0.2) is 22.4 Å². The number of aliphatic hydroxyl groups is 2. The van der Waals surface area contributed by atoms with Crippen molar-refractivity contribution in [1.29, 1.82) is 0 Å². The fourth-order valence-corrected chi connectivity index (χ4v) is 3.18. The van der Waals surface area contributed by atoms with Gasteiger partial charge in [-0.1, -0.05) is 12.2 Å². The first-order valence-electron chi connectivity index (χ1n) is 4.30. The molecule has 0 heterocycles. The van der Waals surface area contributed by atoms with Gasteiger partial charge in [0.05, 0.1) is 5.60 Å². The van der Waals surface area contributed by atoms with Gasteiger partial charge in [-0.05, 0) is 18.3 Å². The predicted molar refractivity (Wildman–Crippen MR) is 39.8 cm³/mol. The zero-order valence-electron chi connectivity index (χ0n) is 6.27. The van der Waals surface area contributed by atoms with Gasteiger partial charge in [0.2, 0.25) is 0 Å². The molecule has 2 N–H and O–H groups in total. The van der Waals surface area contributed by atoms with Gasteiger partial charge >= 0.3 is 0 Å². The first-order chi connectivity index (χ1) is 5.28. The normalized spacial score (nSPS) is 63.5. The monoisotopic (exact) mass is 152 g/mol.